The molecule has 3 rings (SSSR count). The van der Waals surface area contributed by atoms with Crippen LogP contribution in [0.2, 0.25) is 0 Å². The van der Waals surface area contributed by atoms with Crippen molar-refractivity contribution in [1.29, 1.82) is 0 Å². The van der Waals surface area contributed by atoms with Crippen LogP contribution in [-0.4, -0.2) is 20.8 Å². The van der Waals surface area contributed by atoms with E-state index in [1.807, 2.05) is 32.0 Å². The number of hydrogen-bond donors (Lipinski definition) is 0. The Morgan fingerprint density at radius 2 is 1.76 bits per heavy atom. The molecule has 0 spiro atoms. The summed E-state index contributed by atoms with van der Waals surface area (Å²) >= 11 is 0. The van der Waals surface area contributed by atoms with Gasteiger partial charge in [-0.2, -0.15) is 0 Å². The van der Waals surface area contributed by atoms with Crippen molar-refractivity contribution >= 4 is 11.0 Å². The van der Waals surface area contributed by atoms with E-state index in [2.05, 4.69) is 0 Å². The first kappa shape index (κ1) is 16.9. The fourth-order valence-electron chi connectivity index (χ4n) is 2.73. The smallest absolute Gasteiger partial charge is 0.235 e. The number of benzene rings is 2. The Balaban J connectivity index is 2.30. The van der Waals surface area contributed by atoms with E-state index in [0.717, 1.165) is 5.56 Å². The van der Waals surface area contributed by atoms with Crippen LogP contribution < -0.4 is 19.6 Å². The molecule has 0 aliphatic carbocycles. The van der Waals surface area contributed by atoms with Crippen LogP contribution >= 0.6 is 0 Å². The van der Waals surface area contributed by atoms with Crippen LogP contribution in [0.25, 0.3) is 22.3 Å². The van der Waals surface area contributed by atoms with E-state index in [-0.39, 0.29) is 11.2 Å². The summed E-state index contributed by atoms with van der Waals surface area (Å²) < 4.78 is 22.3. The average Bonchev–Trinajstić information content (AvgIpc) is 2.63. The van der Waals surface area contributed by atoms with Gasteiger partial charge in [0.25, 0.3) is 0 Å². The third-order valence-electron chi connectivity index (χ3n) is 3.94. The zero-order chi connectivity index (χ0) is 18.0. The molecule has 0 radical (unpaired) electrons. The molecule has 0 fully saturated rings. The highest BCUT2D eigenvalue weighted by Gasteiger charge is 2.19. The highest BCUT2D eigenvalue weighted by Crippen LogP contribution is 2.36. The van der Waals surface area contributed by atoms with Gasteiger partial charge in [0.15, 0.2) is 17.3 Å². The maximum absolute atomic E-state index is 12.9. The Labute approximate surface area is 145 Å². The van der Waals surface area contributed by atoms with Gasteiger partial charge in [-0.25, -0.2) is 0 Å². The maximum Gasteiger partial charge on any atom is 0.235 e. The first-order valence-corrected chi connectivity index (χ1v) is 8.01. The molecule has 130 valence electrons. The number of ether oxygens (including phenoxy) is 3. The number of hydrogen-bond acceptors (Lipinski definition) is 5. The lowest BCUT2D eigenvalue weighted by atomic mass is 10.1. The van der Waals surface area contributed by atoms with Crippen LogP contribution in [0.5, 0.6) is 17.2 Å². The van der Waals surface area contributed by atoms with Gasteiger partial charge >= 0.3 is 0 Å². The zero-order valence-corrected chi connectivity index (χ0v) is 14.7. The van der Waals surface area contributed by atoms with Crippen molar-refractivity contribution in [2.75, 3.05) is 20.8 Å². The first-order chi connectivity index (χ1) is 12.1. The maximum atomic E-state index is 12.9. The second-order valence-corrected chi connectivity index (χ2v) is 5.59. The molecular weight excluding hydrogens is 320 g/mol. The van der Waals surface area contributed by atoms with Gasteiger partial charge in [0, 0.05) is 5.56 Å². The Hall–Kier alpha value is -2.95. The largest absolute Gasteiger partial charge is 0.493 e. The lowest BCUT2D eigenvalue weighted by Gasteiger charge is -2.13. The van der Waals surface area contributed by atoms with E-state index in [0.29, 0.717) is 40.4 Å². The van der Waals surface area contributed by atoms with Gasteiger partial charge in [-0.3, -0.25) is 4.79 Å². The SMILES string of the molecule is CCOc1c(-c2ccc(OC)c(OC)c2)oc2cc(C)ccc2c1=O. The van der Waals surface area contributed by atoms with Gasteiger partial charge in [0.1, 0.15) is 5.58 Å². The summed E-state index contributed by atoms with van der Waals surface area (Å²) in [6, 6.07) is 10.8. The summed E-state index contributed by atoms with van der Waals surface area (Å²) in [5.74, 6) is 1.73. The molecule has 0 amide bonds. The topological polar surface area (TPSA) is 57.9 Å². The summed E-state index contributed by atoms with van der Waals surface area (Å²) in [5, 5.41) is 0.498. The molecule has 5 heteroatoms. The molecule has 3 aromatic rings. The quantitative estimate of drug-likeness (QED) is 0.697. The van der Waals surface area contributed by atoms with Gasteiger partial charge in [0.05, 0.1) is 26.2 Å². The Morgan fingerprint density at radius 1 is 1.00 bits per heavy atom. The van der Waals surface area contributed by atoms with Gasteiger partial charge in [-0.1, -0.05) is 6.07 Å². The Kier molecular flexibility index (Phi) is 4.65. The lowest BCUT2D eigenvalue weighted by molar-refractivity contribution is 0.330. The van der Waals surface area contributed by atoms with E-state index < -0.39 is 0 Å². The van der Waals surface area contributed by atoms with Crippen molar-refractivity contribution in [1.82, 2.24) is 0 Å². The monoisotopic (exact) mass is 340 g/mol. The molecule has 0 saturated carbocycles. The van der Waals surface area contributed by atoms with Crippen molar-refractivity contribution in [3.8, 4) is 28.6 Å². The second-order valence-electron chi connectivity index (χ2n) is 5.59. The molecule has 2 aromatic carbocycles. The summed E-state index contributed by atoms with van der Waals surface area (Å²) in [7, 11) is 3.13. The standard InChI is InChI=1S/C20H20O5/c1-5-24-20-18(21)14-8-6-12(2)10-16(14)25-19(20)13-7-9-15(22-3)17(11-13)23-4/h6-11H,5H2,1-4H3. The summed E-state index contributed by atoms with van der Waals surface area (Å²) in [4.78, 5) is 12.9. The number of aryl methyl sites for hydroxylation is 1. The fourth-order valence-corrected chi connectivity index (χ4v) is 2.73. The third-order valence-corrected chi connectivity index (χ3v) is 3.94. The van der Waals surface area contributed by atoms with Crippen molar-refractivity contribution in [2.45, 2.75) is 13.8 Å². The van der Waals surface area contributed by atoms with E-state index in [1.54, 1.807) is 32.4 Å². The van der Waals surface area contributed by atoms with E-state index in [9.17, 15) is 4.79 Å². The molecule has 1 heterocycles. The van der Waals surface area contributed by atoms with Crippen LogP contribution in [-0.2, 0) is 0 Å². The zero-order valence-electron chi connectivity index (χ0n) is 14.7. The van der Waals surface area contributed by atoms with Crippen LogP contribution in [0.4, 0.5) is 0 Å². The van der Waals surface area contributed by atoms with Gasteiger partial charge < -0.3 is 18.6 Å². The minimum atomic E-state index is -0.187. The number of methoxy groups -OCH3 is 2. The summed E-state index contributed by atoms with van der Waals surface area (Å²) in [5.41, 5.74) is 2.03. The van der Waals surface area contributed by atoms with Gasteiger partial charge in [-0.15, -0.1) is 0 Å². The molecule has 1 aromatic heterocycles. The summed E-state index contributed by atoms with van der Waals surface area (Å²) in [6.07, 6.45) is 0. The van der Waals surface area contributed by atoms with Crippen molar-refractivity contribution in [2.24, 2.45) is 0 Å². The molecule has 0 aliphatic heterocycles. The van der Waals surface area contributed by atoms with Gasteiger partial charge in [0.2, 0.25) is 11.2 Å². The van der Waals surface area contributed by atoms with Crippen molar-refractivity contribution < 1.29 is 18.6 Å². The Bertz CT molecular complexity index is 972. The van der Waals surface area contributed by atoms with E-state index in [1.165, 1.54) is 0 Å². The molecule has 0 bridgehead atoms. The molecule has 5 nitrogen and oxygen atoms in total. The highest BCUT2D eigenvalue weighted by molar-refractivity contribution is 5.82. The number of fused-ring (bicyclic) bond motifs is 1. The molecule has 25 heavy (non-hydrogen) atoms. The molecule has 0 saturated heterocycles. The third kappa shape index (κ3) is 3.05. The molecule has 0 N–H and O–H groups in total. The van der Waals surface area contributed by atoms with Gasteiger partial charge in [-0.05, 0) is 49.7 Å². The normalized spacial score (nSPS) is 10.7. The fraction of sp³-hybridized carbons (Fsp3) is 0.250. The lowest BCUT2D eigenvalue weighted by Crippen LogP contribution is -2.10. The van der Waals surface area contributed by atoms with Crippen molar-refractivity contribution in [3.63, 3.8) is 0 Å². The first-order valence-electron chi connectivity index (χ1n) is 8.01. The Morgan fingerprint density at radius 3 is 2.44 bits per heavy atom. The van der Waals surface area contributed by atoms with Crippen LogP contribution in [0.15, 0.2) is 45.6 Å². The van der Waals surface area contributed by atoms with Crippen molar-refractivity contribution in [3.05, 3.63) is 52.2 Å². The van der Waals surface area contributed by atoms with E-state index in [4.69, 9.17) is 18.6 Å². The molecule has 0 unspecified atom stereocenters. The average molecular weight is 340 g/mol. The second kappa shape index (κ2) is 6.89. The minimum absolute atomic E-state index is 0.187. The molecular formula is C20H20O5. The molecule has 0 atom stereocenters. The predicted molar refractivity (Wildman–Crippen MR) is 96.9 cm³/mol. The highest BCUT2D eigenvalue weighted by atomic mass is 16.5. The molecule has 0 aliphatic rings. The predicted octanol–water partition coefficient (Wildman–Crippen LogP) is 4.18. The number of rotatable bonds is 5. The van der Waals surface area contributed by atoms with Crippen LogP contribution in [0.3, 0.4) is 0 Å². The van der Waals surface area contributed by atoms with Crippen LogP contribution in [0.1, 0.15) is 12.5 Å². The minimum Gasteiger partial charge on any atom is -0.493 e. The summed E-state index contributed by atoms with van der Waals surface area (Å²) in [6.45, 7) is 4.14. The van der Waals surface area contributed by atoms with Crippen LogP contribution in [0, 0.1) is 6.92 Å². The van der Waals surface area contributed by atoms with E-state index >= 15 is 0 Å².